The average Bonchev–Trinajstić information content (AvgIpc) is 2.46. The number of rotatable bonds is 8. The molecule has 0 bridgehead atoms. The summed E-state index contributed by atoms with van der Waals surface area (Å²) in [7, 11) is 0. The maximum absolute atomic E-state index is 4.62. The summed E-state index contributed by atoms with van der Waals surface area (Å²) in [5.41, 5.74) is 9.72. The van der Waals surface area contributed by atoms with Crippen molar-refractivity contribution in [1.82, 2.24) is 26.8 Å². The molecule has 0 saturated carbocycles. The van der Waals surface area contributed by atoms with Crippen molar-refractivity contribution in [2.24, 2.45) is 4.99 Å². The number of amidine groups is 1. The topological polar surface area (TPSA) is 63.7 Å². The molecule has 4 N–H and O–H groups in total. The highest BCUT2D eigenvalue weighted by Gasteiger charge is 2.18. The van der Waals surface area contributed by atoms with Gasteiger partial charge in [0.2, 0.25) is 0 Å². The predicted octanol–water partition coefficient (Wildman–Crippen LogP) is 2.00. The second kappa shape index (κ2) is 10.0. The molecular formula is C12H23Br3N6. The Kier molecular flexibility index (Phi) is 9.19. The van der Waals surface area contributed by atoms with E-state index < -0.39 is 0 Å². The largest absolute Gasteiger partial charge is 0.367 e. The van der Waals surface area contributed by atoms with Crippen molar-refractivity contribution in [2.75, 3.05) is 16.0 Å². The number of hydrazine groups is 3. The van der Waals surface area contributed by atoms with E-state index in [-0.39, 0.29) is 12.1 Å². The Morgan fingerprint density at radius 1 is 1.10 bits per heavy atom. The van der Waals surface area contributed by atoms with E-state index in [0.717, 1.165) is 27.6 Å². The highest BCUT2D eigenvalue weighted by Crippen LogP contribution is 2.02. The number of hydrogen-bond acceptors (Lipinski definition) is 5. The van der Waals surface area contributed by atoms with Gasteiger partial charge in [-0.25, -0.2) is 5.43 Å². The molecule has 1 aliphatic heterocycles. The minimum absolute atomic E-state index is 0.201. The van der Waals surface area contributed by atoms with Crippen molar-refractivity contribution < 1.29 is 0 Å². The number of alkyl halides is 3. The molecule has 0 aromatic heterocycles. The Morgan fingerprint density at radius 2 is 1.76 bits per heavy atom. The molecule has 3 unspecified atom stereocenters. The fourth-order valence-corrected chi connectivity index (χ4v) is 1.95. The summed E-state index contributed by atoms with van der Waals surface area (Å²) in [6.07, 6.45) is 1.97. The molecule has 1 heterocycles. The van der Waals surface area contributed by atoms with Crippen LogP contribution in [-0.2, 0) is 0 Å². The van der Waals surface area contributed by atoms with Gasteiger partial charge in [0.1, 0.15) is 11.7 Å². The Balaban J connectivity index is 2.81. The van der Waals surface area contributed by atoms with Crippen LogP contribution in [0.3, 0.4) is 0 Å². The van der Waals surface area contributed by atoms with Crippen molar-refractivity contribution in [3.8, 4) is 0 Å². The van der Waals surface area contributed by atoms with Crippen LogP contribution >= 0.6 is 47.8 Å². The van der Waals surface area contributed by atoms with Crippen LogP contribution in [0.5, 0.6) is 0 Å². The van der Waals surface area contributed by atoms with Gasteiger partial charge >= 0.3 is 0 Å². The van der Waals surface area contributed by atoms with Gasteiger partial charge in [0.05, 0.1) is 6.04 Å². The molecule has 0 aromatic rings. The summed E-state index contributed by atoms with van der Waals surface area (Å²) >= 11 is 10.4. The van der Waals surface area contributed by atoms with E-state index in [1.807, 2.05) is 6.08 Å². The first-order valence-electron chi connectivity index (χ1n) is 6.82. The molecule has 122 valence electrons. The van der Waals surface area contributed by atoms with Gasteiger partial charge in [-0.15, -0.1) is 0 Å². The van der Waals surface area contributed by atoms with Crippen LogP contribution in [-0.4, -0.2) is 45.2 Å². The van der Waals surface area contributed by atoms with E-state index in [2.05, 4.69) is 95.1 Å². The summed E-state index contributed by atoms with van der Waals surface area (Å²) < 4.78 is 0. The van der Waals surface area contributed by atoms with Crippen LogP contribution in [0, 0.1) is 0 Å². The Hall–Kier alpha value is 0.170. The normalized spacial score (nSPS) is 22.0. The van der Waals surface area contributed by atoms with E-state index in [0.29, 0.717) is 6.04 Å². The Labute approximate surface area is 151 Å². The van der Waals surface area contributed by atoms with Gasteiger partial charge < -0.3 is 5.32 Å². The lowest BCUT2D eigenvalue weighted by Gasteiger charge is -2.34. The highest BCUT2D eigenvalue weighted by molar-refractivity contribution is 9.09. The van der Waals surface area contributed by atoms with E-state index >= 15 is 0 Å². The molecule has 1 rings (SSSR count). The third-order valence-corrected chi connectivity index (χ3v) is 5.42. The fourth-order valence-electron chi connectivity index (χ4n) is 1.50. The number of aliphatic imine (C=N–C) groups is 1. The summed E-state index contributed by atoms with van der Waals surface area (Å²) in [5, 5.41) is 7.66. The lowest BCUT2D eigenvalue weighted by atomic mass is 10.3. The van der Waals surface area contributed by atoms with Crippen molar-refractivity contribution in [1.29, 1.82) is 0 Å². The molecule has 0 radical (unpaired) electrons. The first kappa shape index (κ1) is 19.2. The van der Waals surface area contributed by atoms with Gasteiger partial charge in [-0.3, -0.25) is 15.8 Å². The van der Waals surface area contributed by atoms with Crippen LogP contribution in [0.25, 0.3) is 0 Å². The standard InChI is InChI=1S/C12H23Br3N6/c1-8(5-13)16-11-4-12(17-9(2)6-14)20-21(19-11)18-10(3)7-15/h4,8-10,16,18-19H,5-7H2,1-3H3,(H,17,20). The zero-order valence-electron chi connectivity index (χ0n) is 12.5. The van der Waals surface area contributed by atoms with E-state index in [1.165, 1.54) is 0 Å². The number of halogens is 3. The SMILES string of the molecule is CC(CBr)N=C1C=C(NC(C)CBr)NN(NC(C)CBr)N1. The smallest absolute Gasteiger partial charge is 0.142 e. The molecule has 6 nitrogen and oxygen atoms in total. The monoisotopic (exact) mass is 488 g/mol. The quantitative estimate of drug-likeness (QED) is 0.392. The maximum Gasteiger partial charge on any atom is 0.142 e. The van der Waals surface area contributed by atoms with Crippen molar-refractivity contribution >= 4 is 53.6 Å². The van der Waals surface area contributed by atoms with E-state index in [9.17, 15) is 0 Å². The van der Waals surface area contributed by atoms with Crippen LogP contribution in [0.2, 0.25) is 0 Å². The fraction of sp³-hybridized carbons (Fsp3) is 0.750. The molecule has 1 aliphatic rings. The molecule has 0 amide bonds. The summed E-state index contributed by atoms with van der Waals surface area (Å²) in [6.45, 7) is 6.26. The van der Waals surface area contributed by atoms with Gasteiger partial charge in [0.15, 0.2) is 0 Å². The minimum Gasteiger partial charge on any atom is -0.367 e. The Morgan fingerprint density at radius 3 is 2.33 bits per heavy atom. The molecule has 3 atom stereocenters. The zero-order valence-corrected chi connectivity index (χ0v) is 17.2. The third-order valence-electron chi connectivity index (χ3n) is 2.54. The van der Waals surface area contributed by atoms with Gasteiger partial charge in [-0.1, -0.05) is 53.0 Å². The van der Waals surface area contributed by atoms with Crippen LogP contribution in [0.1, 0.15) is 20.8 Å². The molecule has 0 aromatic carbocycles. The predicted molar refractivity (Wildman–Crippen MR) is 99.7 cm³/mol. The van der Waals surface area contributed by atoms with E-state index in [4.69, 9.17) is 0 Å². The van der Waals surface area contributed by atoms with Crippen molar-refractivity contribution in [3.63, 3.8) is 0 Å². The van der Waals surface area contributed by atoms with Crippen LogP contribution in [0.15, 0.2) is 16.9 Å². The molecule has 21 heavy (non-hydrogen) atoms. The van der Waals surface area contributed by atoms with Crippen molar-refractivity contribution in [2.45, 2.75) is 38.9 Å². The van der Waals surface area contributed by atoms with Gasteiger partial charge in [-0.05, 0) is 20.8 Å². The van der Waals surface area contributed by atoms with Gasteiger partial charge in [-0.2, -0.15) is 0 Å². The third kappa shape index (κ3) is 7.32. The lowest BCUT2D eigenvalue weighted by Crippen LogP contribution is -2.64. The van der Waals surface area contributed by atoms with Gasteiger partial charge in [0.25, 0.3) is 0 Å². The van der Waals surface area contributed by atoms with Crippen LogP contribution < -0.4 is 21.6 Å². The lowest BCUT2D eigenvalue weighted by molar-refractivity contribution is 0.0738. The molecular weight excluding hydrogens is 468 g/mol. The summed E-state index contributed by atoms with van der Waals surface area (Å²) in [6, 6.07) is 0.784. The first-order valence-corrected chi connectivity index (χ1v) is 10.2. The summed E-state index contributed by atoms with van der Waals surface area (Å²) in [4.78, 5) is 4.62. The maximum atomic E-state index is 4.62. The molecule has 0 spiro atoms. The summed E-state index contributed by atoms with van der Waals surface area (Å²) in [5.74, 6) is 1.70. The minimum atomic E-state index is 0.201. The zero-order chi connectivity index (χ0) is 15.8. The number of hydrogen-bond donors (Lipinski definition) is 4. The highest BCUT2D eigenvalue weighted by atomic mass is 79.9. The number of nitrogens with zero attached hydrogens (tertiary/aromatic N) is 2. The van der Waals surface area contributed by atoms with Gasteiger partial charge in [0, 0.05) is 34.1 Å². The Bertz CT molecular complexity index is 376. The molecule has 9 heteroatoms. The average molecular weight is 491 g/mol. The van der Waals surface area contributed by atoms with Crippen molar-refractivity contribution in [3.05, 3.63) is 11.9 Å². The first-order chi connectivity index (χ1) is 9.98. The van der Waals surface area contributed by atoms with E-state index in [1.54, 1.807) is 5.23 Å². The second-order valence-electron chi connectivity index (χ2n) is 5.02. The van der Waals surface area contributed by atoms with Crippen LogP contribution in [0.4, 0.5) is 0 Å². The molecule has 0 saturated heterocycles. The number of nitrogens with one attached hydrogen (secondary N) is 4. The molecule has 0 aliphatic carbocycles. The molecule has 0 fully saturated rings. The second-order valence-corrected chi connectivity index (χ2v) is 6.96.